The molecule has 0 fully saturated rings. The summed E-state index contributed by atoms with van der Waals surface area (Å²) in [5.41, 5.74) is 7.46. The standard InChI is InChI=1S/C19H15N5O2/c1-11-10-24-18(26)13-7-3-5-9-15(13)22-19(24)23-17(11)21-14-8-4-2-6-12(14)16(20)25/h2-10H,1H3,(H2,20,25)(H,21,22,23). The molecule has 3 N–H and O–H groups in total. The Kier molecular flexibility index (Phi) is 3.62. The zero-order chi connectivity index (χ0) is 18.3. The maximum Gasteiger partial charge on any atom is 0.266 e. The molecule has 0 saturated carbocycles. The molecule has 0 aliphatic carbocycles. The van der Waals surface area contributed by atoms with Crippen molar-refractivity contribution in [2.75, 3.05) is 5.32 Å². The second-order valence-corrected chi connectivity index (χ2v) is 5.91. The zero-order valence-corrected chi connectivity index (χ0v) is 13.9. The summed E-state index contributed by atoms with van der Waals surface area (Å²) in [6.07, 6.45) is 1.68. The van der Waals surface area contributed by atoms with Crippen molar-refractivity contribution in [3.63, 3.8) is 0 Å². The summed E-state index contributed by atoms with van der Waals surface area (Å²) in [6, 6.07) is 14.0. The number of rotatable bonds is 3. The third-order valence-corrected chi connectivity index (χ3v) is 4.14. The van der Waals surface area contributed by atoms with Gasteiger partial charge in [0, 0.05) is 11.8 Å². The summed E-state index contributed by atoms with van der Waals surface area (Å²) in [5, 5.41) is 3.65. The summed E-state index contributed by atoms with van der Waals surface area (Å²) in [5.74, 6) is 0.242. The Bertz CT molecular complexity index is 1230. The molecule has 2 aromatic heterocycles. The summed E-state index contributed by atoms with van der Waals surface area (Å²) >= 11 is 0. The number of primary amides is 1. The number of anilines is 2. The van der Waals surface area contributed by atoms with Gasteiger partial charge in [-0.2, -0.15) is 4.98 Å². The highest BCUT2D eigenvalue weighted by Crippen LogP contribution is 2.22. The van der Waals surface area contributed by atoms with Gasteiger partial charge in [0.05, 0.1) is 22.2 Å². The van der Waals surface area contributed by atoms with Crippen LogP contribution < -0.4 is 16.6 Å². The van der Waals surface area contributed by atoms with Crippen LogP contribution in [0.15, 0.2) is 59.5 Å². The molecule has 0 bridgehead atoms. The smallest absolute Gasteiger partial charge is 0.266 e. The number of nitrogens with zero attached hydrogens (tertiary/aromatic N) is 3. The molecule has 4 aromatic rings. The van der Waals surface area contributed by atoms with E-state index in [2.05, 4.69) is 15.3 Å². The maximum absolute atomic E-state index is 12.7. The van der Waals surface area contributed by atoms with Crippen molar-refractivity contribution < 1.29 is 4.79 Å². The van der Waals surface area contributed by atoms with Crippen LogP contribution in [-0.4, -0.2) is 20.3 Å². The number of benzene rings is 2. The number of aromatic nitrogens is 3. The largest absolute Gasteiger partial charge is 0.366 e. The van der Waals surface area contributed by atoms with Crippen LogP contribution in [0, 0.1) is 6.92 Å². The number of nitrogens with two attached hydrogens (primary N) is 1. The first-order chi connectivity index (χ1) is 12.5. The summed E-state index contributed by atoms with van der Waals surface area (Å²) in [4.78, 5) is 33.2. The normalized spacial score (nSPS) is 11.0. The van der Waals surface area contributed by atoms with Gasteiger partial charge in [0.1, 0.15) is 5.82 Å². The molecule has 0 spiro atoms. The second-order valence-electron chi connectivity index (χ2n) is 5.91. The molecule has 128 valence electrons. The van der Waals surface area contributed by atoms with Crippen LogP contribution in [-0.2, 0) is 0 Å². The van der Waals surface area contributed by atoms with Crippen molar-refractivity contribution in [2.45, 2.75) is 6.92 Å². The topological polar surface area (TPSA) is 102 Å². The van der Waals surface area contributed by atoms with Gasteiger partial charge in [0.2, 0.25) is 5.78 Å². The van der Waals surface area contributed by atoms with E-state index in [1.807, 2.05) is 13.0 Å². The van der Waals surface area contributed by atoms with E-state index in [9.17, 15) is 9.59 Å². The fourth-order valence-corrected chi connectivity index (χ4v) is 2.83. The van der Waals surface area contributed by atoms with Gasteiger partial charge in [-0.1, -0.05) is 24.3 Å². The molecule has 26 heavy (non-hydrogen) atoms. The van der Waals surface area contributed by atoms with E-state index >= 15 is 0 Å². The minimum absolute atomic E-state index is 0.176. The van der Waals surface area contributed by atoms with Crippen molar-refractivity contribution in [1.82, 2.24) is 14.4 Å². The van der Waals surface area contributed by atoms with Crippen LogP contribution in [0.1, 0.15) is 15.9 Å². The Labute approximate surface area is 148 Å². The van der Waals surface area contributed by atoms with Crippen LogP contribution in [0.3, 0.4) is 0 Å². The number of hydrogen-bond donors (Lipinski definition) is 2. The molecule has 7 nitrogen and oxygen atoms in total. The highest BCUT2D eigenvalue weighted by Gasteiger charge is 2.12. The molecule has 0 aliphatic rings. The van der Waals surface area contributed by atoms with Crippen molar-refractivity contribution in [1.29, 1.82) is 0 Å². The lowest BCUT2D eigenvalue weighted by molar-refractivity contribution is 0.100. The van der Waals surface area contributed by atoms with Gasteiger partial charge < -0.3 is 11.1 Å². The third-order valence-electron chi connectivity index (χ3n) is 4.14. The Morgan fingerprint density at radius 2 is 1.81 bits per heavy atom. The fourth-order valence-electron chi connectivity index (χ4n) is 2.83. The molecule has 0 saturated heterocycles. The van der Waals surface area contributed by atoms with Crippen molar-refractivity contribution in [2.24, 2.45) is 5.73 Å². The van der Waals surface area contributed by atoms with E-state index in [1.54, 1.807) is 48.7 Å². The second kappa shape index (κ2) is 5.96. The molecule has 1 amide bonds. The van der Waals surface area contributed by atoms with Crippen LogP contribution >= 0.6 is 0 Å². The Morgan fingerprint density at radius 1 is 1.08 bits per heavy atom. The van der Waals surface area contributed by atoms with E-state index in [0.29, 0.717) is 28.0 Å². The lowest BCUT2D eigenvalue weighted by Gasteiger charge is -2.12. The van der Waals surface area contributed by atoms with Gasteiger partial charge in [-0.25, -0.2) is 4.98 Å². The highest BCUT2D eigenvalue weighted by molar-refractivity contribution is 5.99. The van der Waals surface area contributed by atoms with E-state index < -0.39 is 5.91 Å². The molecule has 0 aliphatic heterocycles. The Balaban J connectivity index is 1.89. The minimum atomic E-state index is -0.535. The van der Waals surface area contributed by atoms with Crippen LogP contribution in [0.4, 0.5) is 11.5 Å². The Morgan fingerprint density at radius 3 is 2.62 bits per heavy atom. The molecule has 2 aromatic carbocycles. The van der Waals surface area contributed by atoms with Crippen molar-refractivity contribution >= 4 is 34.1 Å². The summed E-state index contributed by atoms with van der Waals surface area (Å²) in [6.45, 7) is 1.82. The monoisotopic (exact) mass is 345 g/mol. The van der Waals surface area contributed by atoms with Crippen LogP contribution in [0.2, 0.25) is 0 Å². The van der Waals surface area contributed by atoms with Gasteiger partial charge in [0.15, 0.2) is 0 Å². The fraction of sp³-hybridized carbons (Fsp3) is 0.0526. The van der Waals surface area contributed by atoms with E-state index in [4.69, 9.17) is 5.73 Å². The average molecular weight is 345 g/mol. The van der Waals surface area contributed by atoms with Crippen LogP contribution in [0.5, 0.6) is 0 Å². The first-order valence-corrected chi connectivity index (χ1v) is 7.99. The van der Waals surface area contributed by atoms with Crippen molar-refractivity contribution in [3.8, 4) is 0 Å². The predicted octanol–water partition coefficient (Wildman–Crippen LogP) is 2.39. The summed E-state index contributed by atoms with van der Waals surface area (Å²) in [7, 11) is 0. The molecular weight excluding hydrogens is 330 g/mol. The SMILES string of the molecule is Cc1cn2c(=O)c3ccccc3nc2nc1Nc1ccccc1C(N)=O. The van der Waals surface area contributed by atoms with E-state index in [0.717, 1.165) is 5.56 Å². The van der Waals surface area contributed by atoms with Crippen molar-refractivity contribution in [3.05, 3.63) is 76.2 Å². The molecule has 2 heterocycles. The highest BCUT2D eigenvalue weighted by atomic mass is 16.1. The molecule has 0 atom stereocenters. The van der Waals surface area contributed by atoms with Gasteiger partial charge in [0.25, 0.3) is 11.5 Å². The molecule has 4 rings (SSSR count). The molecule has 0 unspecified atom stereocenters. The maximum atomic E-state index is 12.7. The first-order valence-electron chi connectivity index (χ1n) is 7.99. The number of fused-ring (bicyclic) bond motifs is 2. The molecule has 7 heteroatoms. The van der Waals surface area contributed by atoms with Gasteiger partial charge in [-0.3, -0.25) is 14.0 Å². The van der Waals surface area contributed by atoms with Gasteiger partial charge in [-0.05, 0) is 31.2 Å². The third kappa shape index (κ3) is 2.55. The number of carbonyl (C=O) groups excluding carboxylic acids is 1. The van der Waals surface area contributed by atoms with Gasteiger partial charge >= 0.3 is 0 Å². The average Bonchev–Trinajstić information content (AvgIpc) is 2.64. The van der Waals surface area contributed by atoms with Crippen LogP contribution in [0.25, 0.3) is 16.7 Å². The lowest BCUT2D eigenvalue weighted by Crippen LogP contribution is -2.18. The number of amides is 1. The number of aryl methyl sites for hydroxylation is 1. The predicted molar refractivity (Wildman–Crippen MR) is 99.7 cm³/mol. The first kappa shape index (κ1) is 15.8. The minimum Gasteiger partial charge on any atom is -0.366 e. The number of hydrogen-bond acceptors (Lipinski definition) is 5. The Hall–Kier alpha value is -3.74. The number of nitrogens with one attached hydrogen (secondary N) is 1. The zero-order valence-electron chi connectivity index (χ0n) is 13.9. The molecular formula is C19H15N5O2. The summed E-state index contributed by atoms with van der Waals surface area (Å²) < 4.78 is 1.42. The molecule has 0 radical (unpaired) electrons. The van der Waals surface area contributed by atoms with Gasteiger partial charge in [-0.15, -0.1) is 0 Å². The number of para-hydroxylation sites is 2. The van der Waals surface area contributed by atoms with E-state index in [-0.39, 0.29) is 11.3 Å². The van der Waals surface area contributed by atoms with E-state index in [1.165, 1.54) is 4.40 Å². The number of carbonyl (C=O) groups is 1. The lowest BCUT2D eigenvalue weighted by atomic mass is 10.1. The quantitative estimate of drug-likeness (QED) is 0.555.